The second kappa shape index (κ2) is 6.28. The molecule has 1 heterocycles. The molecule has 1 saturated heterocycles. The minimum absolute atomic E-state index is 0.0466. The zero-order valence-corrected chi connectivity index (χ0v) is 13.8. The first-order chi connectivity index (χ1) is 10.3. The Hall–Kier alpha value is -1.57. The van der Waals surface area contributed by atoms with Crippen molar-refractivity contribution in [3.8, 4) is 6.07 Å². The molecular formula is C17H25NO4. The molecule has 5 atom stereocenters. The van der Waals surface area contributed by atoms with Gasteiger partial charge in [-0.3, -0.25) is 9.59 Å². The lowest BCUT2D eigenvalue weighted by Gasteiger charge is -2.30. The Balaban J connectivity index is 2.20. The van der Waals surface area contributed by atoms with E-state index < -0.39 is 11.5 Å². The van der Waals surface area contributed by atoms with Gasteiger partial charge in [-0.15, -0.1) is 0 Å². The van der Waals surface area contributed by atoms with E-state index in [0.29, 0.717) is 25.7 Å². The zero-order chi connectivity index (χ0) is 16.5. The Labute approximate surface area is 132 Å². The van der Waals surface area contributed by atoms with Crippen LogP contribution in [0.2, 0.25) is 0 Å². The molecule has 0 radical (unpaired) electrons. The molecule has 5 heteroatoms. The van der Waals surface area contributed by atoms with Gasteiger partial charge in [0.15, 0.2) is 0 Å². The van der Waals surface area contributed by atoms with Gasteiger partial charge in [0.1, 0.15) is 12.2 Å². The monoisotopic (exact) mass is 307 g/mol. The third-order valence-electron chi connectivity index (χ3n) is 5.28. The fourth-order valence-corrected chi connectivity index (χ4v) is 3.37. The van der Waals surface area contributed by atoms with E-state index in [-0.39, 0.29) is 35.8 Å². The summed E-state index contributed by atoms with van der Waals surface area (Å²) in [5.74, 6) is -0.653. The van der Waals surface area contributed by atoms with Crippen LogP contribution in [0.1, 0.15) is 53.4 Å². The maximum absolute atomic E-state index is 12.4. The Morgan fingerprint density at radius 1 is 1.50 bits per heavy atom. The zero-order valence-electron chi connectivity index (χ0n) is 13.8. The summed E-state index contributed by atoms with van der Waals surface area (Å²) in [5.41, 5.74) is -0.570. The van der Waals surface area contributed by atoms with Crippen molar-refractivity contribution in [3.05, 3.63) is 0 Å². The summed E-state index contributed by atoms with van der Waals surface area (Å²) in [6, 6.07) is 2.32. The highest BCUT2D eigenvalue weighted by molar-refractivity contribution is 5.76. The summed E-state index contributed by atoms with van der Waals surface area (Å²) in [6.07, 6.45) is 1.60. The van der Waals surface area contributed by atoms with E-state index in [1.807, 2.05) is 27.7 Å². The van der Waals surface area contributed by atoms with E-state index >= 15 is 0 Å². The minimum atomic E-state index is -0.570. The van der Waals surface area contributed by atoms with Crippen molar-refractivity contribution in [1.82, 2.24) is 0 Å². The molecule has 0 aromatic rings. The third kappa shape index (κ3) is 2.97. The van der Waals surface area contributed by atoms with Crippen LogP contribution in [0.25, 0.3) is 0 Å². The van der Waals surface area contributed by atoms with Crippen molar-refractivity contribution in [3.63, 3.8) is 0 Å². The molecule has 2 rings (SSSR count). The molecule has 0 aromatic carbocycles. The minimum Gasteiger partial charge on any atom is -0.458 e. The molecule has 2 fully saturated rings. The molecule has 122 valence electrons. The standard InChI is InChI=1S/C17H25NO4/c1-5-10(9-18)12-7-11-8-13(19)21-14(11)15(12)22-16(20)17(3,4)6-2/h10-12,14-15H,5-8H2,1-4H3. The van der Waals surface area contributed by atoms with Crippen molar-refractivity contribution in [2.75, 3.05) is 0 Å². The molecule has 2 aliphatic rings. The van der Waals surface area contributed by atoms with Gasteiger partial charge in [-0.05, 0) is 33.1 Å². The van der Waals surface area contributed by atoms with Crippen LogP contribution in [0.5, 0.6) is 0 Å². The van der Waals surface area contributed by atoms with E-state index in [9.17, 15) is 14.9 Å². The number of hydrogen-bond acceptors (Lipinski definition) is 5. The van der Waals surface area contributed by atoms with Gasteiger partial charge in [-0.1, -0.05) is 13.8 Å². The molecule has 1 aliphatic carbocycles. The second-order valence-electron chi connectivity index (χ2n) is 7.07. The quantitative estimate of drug-likeness (QED) is 0.730. The summed E-state index contributed by atoms with van der Waals surface area (Å²) in [6.45, 7) is 7.59. The Kier molecular flexibility index (Phi) is 4.79. The number of ether oxygens (including phenoxy) is 2. The Bertz CT molecular complexity index is 493. The van der Waals surface area contributed by atoms with Crippen LogP contribution in [-0.4, -0.2) is 24.1 Å². The maximum atomic E-state index is 12.4. The fourth-order valence-electron chi connectivity index (χ4n) is 3.37. The van der Waals surface area contributed by atoms with Crippen LogP contribution in [0.15, 0.2) is 0 Å². The number of nitriles is 1. The van der Waals surface area contributed by atoms with Gasteiger partial charge in [0.2, 0.25) is 0 Å². The lowest BCUT2D eigenvalue weighted by molar-refractivity contribution is -0.172. The second-order valence-corrected chi connectivity index (χ2v) is 7.07. The SMILES string of the molecule is CCC(C#N)C1CC2CC(=O)OC2C1OC(=O)C(C)(C)CC. The normalized spacial score (nSPS) is 32.0. The van der Waals surface area contributed by atoms with Gasteiger partial charge in [-0.2, -0.15) is 5.26 Å². The van der Waals surface area contributed by atoms with Gasteiger partial charge in [0, 0.05) is 11.8 Å². The largest absolute Gasteiger partial charge is 0.458 e. The molecule has 0 spiro atoms. The first-order valence-corrected chi connectivity index (χ1v) is 8.14. The average Bonchev–Trinajstić information content (AvgIpc) is 2.98. The van der Waals surface area contributed by atoms with Gasteiger partial charge in [-0.25, -0.2) is 0 Å². The van der Waals surface area contributed by atoms with Crippen molar-refractivity contribution in [2.45, 2.75) is 65.6 Å². The summed E-state index contributed by atoms with van der Waals surface area (Å²) in [4.78, 5) is 24.0. The lowest BCUT2D eigenvalue weighted by Crippen LogP contribution is -2.39. The van der Waals surface area contributed by atoms with Crippen molar-refractivity contribution >= 4 is 11.9 Å². The van der Waals surface area contributed by atoms with Crippen LogP contribution in [0.3, 0.4) is 0 Å². The van der Waals surface area contributed by atoms with Crippen LogP contribution in [0.4, 0.5) is 0 Å². The molecule has 1 saturated carbocycles. The van der Waals surface area contributed by atoms with Crippen molar-refractivity contribution in [2.24, 2.45) is 23.2 Å². The summed E-state index contributed by atoms with van der Waals surface area (Å²) in [7, 11) is 0. The molecule has 5 nitrogen and oxygen atoms in total. The average molecular weight is 307 g/mol. The number of fused-ring (bicyclic) bond motifs is 1. The van der Waals surface area contributed by atoms with Crippen LogP contribution >= 0.6 is 0 Å². The first kappa shape index (κ1) is 16.8. The van der Waals surface area contributed by atoms with Gasteiger partial charge >= 0.3 is 11.9 Å². The van der Waals surface area contributed by atoms with E-state index in [2.05, 4.69) is 6.07 Å². The number of hydrogen-bond donors (Lipinski definition) is 0. The highest BCUT2D eigenvalue weighted by Gasteiger charge is 2.54. The van der Waals surface area contributed by atoms with E-state index in [1.54, 1.807) is 0 Å². The van der Waals surface area contributed by atoms with Gasteiger partial charge in [0.25, 0.3) is 0 Å². The first-order valence-electron chi connectivity index (χ1n) is 8.14. The highest BCUT2D eigenvalue weighted by Crippen LogP contribution is 2.46. The molecule has 22 heavy (non-hydrogen) atoms. The highest BCUT2D eigenvalue weighted by atomic mass is 16.6. The summed E-state index contributed by atoms with van der Waals surface area (Å²) < 4.78 is 11.1. The molecule has 0 N–H and O–H groups in total. The van der Waals surface area contributed by atoms with E-state index in [0.717, 1.165) is 0 Å². The van der Waals surface area contributed by atoms with E-state index in [1.165, 1.54) is 0 Å². The van der Waals surface area contributed by atoms with Crippen LogP contribution < -0.4 is 0 Å². The summed E-state index contributed by atoms with van der Waals surface area (Å²) >= 11 is 0. The molecule has 1 aliphatic heterocycles. The van der Waals surface area contributed by atoms with Gasteiger partial charge < -0.3 is 9.47 Å². The number of carbonyl (C=O) groups excluding carboxylic acids is 2. The van der Waals surface area contributed by atoms with Crippen molar-refractivity contribution in [1.29, 1.82) is 5.26 Å². The number of nitrogens with zero attached hydrogens (tertiary/aromatic N) is 1. The number of carbonyl (C=O) groups is 2. The maximum Gasteiger partial charge on any atom is 0.311 e. The van der Waals surface area contributed by atoms with Crippen molar-refractivity contribution < 1.29 is 19.1 Å². The van der Waals surface area contributed by atoms with Crippen LogP contribution in [-0.2, 0) is 19.1 Å². The number of rotatable bonds is 5. The Morgan fingerprint density at radius 3 is 2.73 bits per heavy atom. The lowest BCUT2D eigenvalue weighted by atomic mass is 9.86. The van der Waals surface area contributed by atoms with Gasteiger partial charge in [0.05, 0.1) is 23.8 Å². The fraction of sp³-hybridized carbons (Fsp3) is 0.824. The molecule has 0 aromatic heterocycles. The van der Waals surface area contributed by atoms with Crippen LogP contribution in [0, 0.1) is 34.5 Å². The topological polar surface area (TPSA) is 76.4 Å². The molecule has 0 bridgehead atoms. The third-order valence-corrected chi connectivity index (χ3v) is 5.28. The summed E-state index contributed by atoms with van der Waals surface area (Å²) in [5, 5.41) is 9.36. The number of esters is 2. The smallest absolute Gasteiger partial charge is 0.311 e. The predicted molar refractivity (Wildman–Crippen MR) is 79.4 cm³/mol. The Morgan fingerprint density at radius 2 is 2.18 bits per heavy atom. The molecule has 0 amide bonds. The molecule has 5 unspecified atom stereocenters. The molecular weight excluding hydrogens is 282 g/mol. The predicted octanol–water partition coefficient (Wildman–Crippen LogP) is 2.84. The van der Waals surface area contributed by atoms with E-state index in [4.69, 9.17) is 9.47 Å².